The van der Waals surface area contributed by atoms with Gasteiger partial charge in [-0.1, -0.05) is 22.0 Å². The second kappa shape index (κ2) is 2.83. The van der Waals surface area contributed by atoms with Crippen LogP contribution >= 0.6 is 15.9 Å². The monoisotopic (exact) mass is 251 g/mol. The van der Waals surface area contributed by atoms with E-state index in [-0.39, 0.29) is 0 Å². The van der Waals surface area contributed by atoms with Gasteiger partial charge in [0.1, 0.15) is 0 Å². The molecule has 1 aromatic carbocycles. The smallest absolute Gasteiger partial charge is 0.0178 e. The van der Waals surface area contributed by atoms with Gasteiger partial charge in [-0.25, -0.2) is 0 Å². The number of aryl methyl sites for hydroxylation is 1. The Bertz CT molecular complexity index is 388. The van der Waals surface area contributed by atoms with Gasteiger partial charge >= 0.3 is 0 Å². The van der Waals surface area contributed by atoms with Gasteiger partial charge in [0.05, 0.1) is 0 Å². The largest absolute Gasteiger partial charge is 0.330 e. The molecule has 0 aromatic heterocycles. The first-order valence-electron chi connectivity index (χ1n) is 5.25. The van der Waals surface area contributed by atoms with E-state index in [1.807, 2.05) is 0 Å². The molecule has 74 valence electrons. The lowest BCUT2D eigenvalue weighted by atomic mass is 9.95. The molecule has 2 aliphatic rings. The molecule has 1 nitrogen and oxygen atoms in total. The lowest BCUT2D eigenvalue weighted by molar-refractivity contribution is 0.601. The molecule has 2 atom stereocenters. The van der Waals surface area contributed by atoms with Crippen LogP contribution in [0.1, 0.15) is 24.0 Å². The van der Waals surface area contributed by atoms with Gasteiger partial charge in [-0.2, -0.15) is 0 Å². The van der Waals surface area contributed by atoms with E-state index in [4.69, 9.17) is 5.73 Å². The molecular weight excluding hydrogens is 238 g/mol. The summed E-state index contributed by atoms with van der Waals surface area (Å²) in [6.07, 6.45) is 3.88. The number of hydrogen-bond donors (Lipinski definition) is 1. The van der Waals surface area contributed by atoms with E-state index in [1.165, 1.54) is 29.3 Å². The van der Waals surface area contributed by atoms with Crippen molar-refractivity contribution < 1.29 is 0 Å². The second-order valence-electron chi connectivity index (χ2n) is 4.59. The number of hydrogen-bond acceptors (Lipinski definition) is 1. The van der Waals surface area contributed by atoms with Crippen LogP contribution in [-0.4, -0.2) is 6.54 Å². The van der Waals surface area contributed by atoms with Crippen molar-refractivity contribution in [2.24, 2.45) is 11.7 Å². The maximum Gasteiger partial charge on any atom is 0.0178 e. The average Bonchev–Trinajstić information content (AvgIpc) is 2.78. The number of rotatable bonds is 1. The van der Waals surface area contributed by atoms with E-state index in [2.05, 4.69) is 34.1 Å². The Labute approximate surface area is 92.8 Å². The van der Waals surface area contributed by atoms with Crippen LogP contribution in [0.5, 0.6) is 0 Å². The first-order valence-corrected chi connectivity index (χ1v) is 6.04. The Hall–Kier alpha value is -0.340. The molecule has 3 rings (SSSR count). The first-order chi connectivity index (χ1) is 6.76. The predicted molar refractivity (Wildman–Crippen MR) is 61.3 cm³/mol. The van der Waals surface area contributed by atoms with Crippen LogP contribution in [0.3, 0.4) is 0 Å². The summed E-state index contributed by atoms with van der Waals surface area (Å²) in [6, 6.07) is 6.73. The third-order valence-electron chi connectivity index (χ3n) is 3.96. The number of benzene rings is 1. The quantitative estimate of drug-likeness (QED) is 0.816. The maximum atomic E-state index is 5.77. The fraction of sp³-hybridized carbons (Fsp3) is 0.500. The van der Waals surface area contributed by atoms with Crippen molar-refractivity contribution in [3.63, 3.8) is 0 Å². The van der Waals surface area contributed by atoms with Crippen molar-refractivity contribution in [3.05, 3.63) is 33.8 Å². The third-order valence-corrected chi connectivity index (χ3v) is 4.45. The molecule has 0 saturated heterocycles. The van der Waals surface area contributed by atoms with E-state index in [1.54, 1.807) is 5.56 Å². The van der Waals surface area contributed by atoms with Crippen molar-refractivity contribution in [3.8, 4) is 0 Å². The van der Waals surface area contributed by atoms with Crippen LogP contribution in [0.15, 0.2) is 22.7 Å². The molecule has 0 unspecified atom stereocenters. The molecule has 0 aliphatic heterocycles. The summed E-state index contributed by atoms with van der Waals surface area (Å²) in [6.45, 7) is 0.857. The van der Waals surface area contributed by atoms with Gasteiger partial charge in [-0.05, 0) is 55.0 Å². The highest BCUT2D eigenvalue weighted by atomic mass is 79.9. The van der Waals surface area contributed by atoms with Gasteiger partial charge < -0.3 is 5.73 Å². The van der Waals surface area contributed by atoms with Crippen molar-refractivity contribution in [1.29, 1.82) is 0 Å². The van der Waals surface area contributed by atoms with E-state index in [0.717, 1.165) is 12.5 Å². The fourth-order valence-corrected chi connectivity index (χ4v) is 3.48. The Morgan fingerprint density at radius 3 is 3.07 bits per heavy atom. The first kappa shape index (κ1) is 8.93. The molecule has 2 N–H and O–H groups in total. The molecule has 0 heterocycles. The van der Waals surface area contributed by atoms with Gasteiger partial charge in [-0.3, -0.25) is 0 Å². The fourth-order valence-electron chi connectivity index (χ4n) is 3.07. The van der Waals surface area contributed by atoms with Gasteiger partial charge in [0.2, 0.25) is 0 Å². The van der Waals surface area contributed by atoms with E-state index in [9.17, 15) is 0 Å². The summed E-state index contributed by atoms with van der Waals surface area (Å²) in [4.78, 5) is 0. The standard InChI is InChI=1S/C12H14BrN/c13-10-1-2-11-8(5-10)3-4-12(11)6-9(12)7-14/h1-2,5,9H,3-4,6-7,14H2/t9-,12+/m1/s1. The Morgan fingerprint density at radius 2 is 2.36 bits per heavy atom. The minimum atomic E-state index is 0.491. The van der Waals surface area contributed by atoms with Crippen LogP contribution in [0.25, 0.3) is 0 Å². The average molecular weight is 252 g/mol. The Morgan fingerprint density at radius 1 is 1.50 bits per heavy atom. The topological polar surface area (TPSA) is 26.0 Å². The van der Waals surface area contributed by atoms with Gasteiger partial charge in [-0.15, -0.1) is 0 Å². The SMILES string of the molecule is NC[C@H]1C[C@@]12CCc1cc(Br)ccc12. The molecule has 1 aromatic rings. The third kappa shape index (κ3) is 1.04. The molecule has 14 heavy (non-hydrogen) atoms. The van der Waals surface area contributed by atoms with Crippen molar-refractivity contribution >= 4 is 15.9 Å². The molecule has 1 spiro atoms. The van der Waals surface area contributed by atoms with Crippen LogP contribution < -0.4 is 5.73 Å². The number of nitrogens with two attached hydrogens (primary N) is 1. The van der Waals surface area contributed by atoms with Crippen molar-refractivity contribution in [1.82, 2.24) is 0 Å². The predicted octanol–water partition coefficient (Wildman–Crippen LogP) is 2.61. The number of halogens is 1. The molecule has 0 amide bonds. The molecule has 1 saturated carbocycles. The Balaban J connectivity index is 2.04. The lowest BCUT2D eigenvalue weighted by Crippen LogP contribution is -2.12. The van der Waals surface area contributed by atoms with E-state index in [0.29, 0.717) is 5.41 Å². The van der Waals surface area contributed by atoms with Gasteiger partial charge in [0.25, 0.3) is 0 Å². The van der Waals surface area contributed by atoms with Crippen LogP contribution in [0.2, 0.25) is 0 Å². The highest BCUT2D eigenvalue weighted by Crippen LogP contribution is 2.61. The highest BCUT2D eigenvalue weighted by Gasteiger charge is 2.56. The minimum Gasteiger partial charge on any atom is -0.330 e. The van der Waals surface area contributed by atoms with Crippen molar-refractivity contribution in [2.75, 3.05) is 6.54 Å². The molecule has 0 bridgehead atoms. The zero-order valence-corrected chi connectivity index (χ0v) is 9.68. The van der Waals surface area contributed by atoms with Gasteiger partial charge in [0, 0.05) is 9.89 Å². The summed E-state index contributed by atoms with van der Waals surface area (Å²) in [5, 5.41) is 0. The van der Waals surface area contributed by atoms with Crippen LogP contribution in [-0.2, 0) is 11.8 Å². The lowest BCUT2D eigenvalue weighted by Gasteiger charge is -2.10. The van der Waals surface area contributed by atoms with E-state index < -0.39 is 0 Å². The molecule has 0 radical (unpaired) electrons. The minimum absolute atomic E-state index is 0.491. The van der Waals surface area contributed by atoms with Crippen molar-refractivity contribution in [2.45, 2.75) is 24.7 Å². The molecule has 1 fully saturated rings. The summed E-state index contributed by atoms with van der Waals surface area (Å²) >= 11 is 3.53. The molecule has 2 aliphatic carbocycles. The summed E-state index contributed by atoms with van der Waals surface area (Å²) in [7, 11) is 0. The van der Waals surface area contributed by atoms with Gasteiger partial charge in [0.15, 0.2) is 0 Å². The van der Waals surface area contributed by atoms with E-state index >= 15 is 0 Å². The van der Waals surface area contributed by atoms with Crippen LogP contribution in [0, 0.1) is 5.92 Å². The zero-order valence-electron chi connectivity index (χ0n) is 8.09. The maximum absolute atomic E-state index is 5.77. The van der Waals surface area contributed by atoms with Crippen LogP contribution in [0.4, 0.5) is 0 Å². The second-order valence-corrected chi connectivity index (χ2v) is 5.51. The highest BCUT2D eigenvalue weighted by molar-refractivity contribution is 9.10. The Kier molecular flexibility index (Phi) is 1.80. The summed E-state index contributed by atoms with van der Waals surface area (Å²) in [5.41, 5.74) is 9.37. The molecule has 2 heteroatoms. The summed E-state index contributed by atoms with van der Waals surface area (Å²) < 4.78 is 1.21. The molecular formula is C12H14BrN. The zero-order chi connectivity index (χ0) is 9.76. The number of fused-ring (bicyclic) bond motifs is 2. The normalized spacial score (nSPS) is 33.4. The summed E-state index contributed by atoms with van der Waals surface area (Å²) in [5.74, 6) is 0.755.